The molecule has 29 heavy (non-hydrogen) atoms. The maximum atomic E-state index is 5.40. The standard InChI is InChI=1S/C22H34N6O/c1-6-23-22(28-11-10-18(16-28)19-13-25-27(4)15-19)24-14-21(26(2)3)17-8-7-9-20(12-17)29-5/h7-9,12-13,15,18,21H,6,10-11,14,16H2,1-5H3,(H,23,24). The van der Waals surface area contributed by atoms with Crippen LogP contribution < -0.4 is 10.1 Å². The molecule has 0 bridgehead atoms. The summed E-state index contributed by atoms with van der Waals surface area (Å²) in [6.45, 7) is 5.66. The fourth-order valence-electron chi connectivity index (χ4n) is 3.89. The van der Waals surface area contributed by atoms with E-state index in [9.17, 15) is 0 Å². The molecule has 0 saturated carbocycles. The highest BCUT2D eigenvalue weighted by Crippen LogP contribution is 2.27. The third-order valence-electron chi connectivity index (χ3n) is 5.53. The van der Waals surface area contributed by atoms with E-state index in [4.69, 9.17) is 9.73 Å². The number of aliphatic imine (C=N–C) groups is 1. The summed E-state index contributed by atoms with van der Waals surface area (Å²) in [5.74, 6) is 2.38. The molecule has 0 amide bonds. The molecule has 1 fully saturated rings. The summed E-state index contributed by atoms with van der Waals surface area (Å²) < 4.78 is 7.29. The van der Waals surface area contributed by atoms with Gasteiger partial charge >= 0.3 is 0 Å². The van der Waals surface area contributed by atoms with Crippen LogP contribution in [0, 0.1) is 0 Å². The van der Waals surface area contributed by atoms with Crippen molar-refractivity contribution in [1.82, 2.24) is 24.9 Å². The lowest BCUT2D eigenvalue weighted by atomic mass is 10.0. The normalized spacial score (nSPS) is 18.3. The van der Waals surface area contributed by atoms with Gasteiger partial charge in [-0.2, -0.15) is 5.10 Å². The average Bonchev–Trinajstić information content (AvgIpc) is 3.36. The van der Waals surface area contributed by atoms with E-state index in [-0.39, 0.29) is 6.04 Å². The zero-order valence-corrected chi connectivity index (χ0v) is 18.3. The van der Waals surface area contributed by atoms with Crippen LogP contribution in [-0.2, 0) is 7.05 Å². The van der Waals surface area contributed by atoms with Crippen LogP contribution in [0.4, 0.5) is 0 Å². The molecule has 0 spiro atoms. The van der Waals surface area contributed by atoms with Crippen LogP contribution in [0.15, 0.2) is 41.7 Å². The van der Waals surface area contributed by atoms with Gasteiger partial charge in [-0.1, -0.05) is 12.1 Å². The van der Waals surface area contributed by atoms with Crippen molar-refractivity contribution in [2.45, 2.75) is 25.3 Å². The molecule has 158 valence electrons. The van der Waals surface area contributed by atoms with Crippen LogP contribution in [0.5, 0.6) is 5.75 Å². The maximum Gasteiger partial charge on any atom is 0.194 e. The number of nitrogens with one attached hydrogen (secondary N) is 1. The molecule has 1 aliphatic heterocycles. The highest BCUT2D eigenvalue weighted by molar-refractivity contribution is 5.80. The van der Waals surface area contributed by atoms with Gasteiger partial charge in [-0.05, 0) is 50.7 Å². The second-order valence-electron chi connectivity index (χ2n) is 7.83. The molecule has 1 aliphatic rings. The van der Waals surface area contributed by atoms with Gasteiger partial charge in [-0.15, -0.1) is 0 Å². The lowest BCUT2D eigenvalue weighted by Crippen LogP contribution is -2.40. The van der Waals surface area contributed by atoms with Crippen LogP contribution in [0.3, 0.4) is 0 Å². The Morgan fingerprint density at radius 2 is 2.24 bits per heavy atom. The van der Waals surface area contributed by atoms with E-state index in [2.05, 4.69) is 59.6 Å². The average molecular weight is 399 g/mol. The van der Waals surface area contributed by atoms with Crippen molar-refractivity contribution in [2.24, 2.45) is 12.0 Å². The highest BCUT2D eigenvalue weighted by atomic mass is 16.5. The molecule has 2 unspecified atom stereocenters. The number of hydrogen-bond acceptors (Lipinski definition) is 4. The first kappa shape index (κ1) is 21.2. The lowest BCUT2D eigenvalue weighted by Gasteiger charge is -2.26. The Bertz CT molecular complexity index is 815. The second-order valence-corrected chi connectivity index (χ2v) is 7.83. The van der Waals surface area contributed by atoms with Gasteiger partial charge in [0.2, 0.25) is 0 Å². The van der Waals surface area contributed by atoms with Gasteiger partial charge in [-0.25, -0.2) is 0 Å². The number of aromatic nitrogens is 2. The lowest BCUT2D eigenvalue weighted by molar-refractivity contribution is 0.304. The molecule has 2 heterocycles. The first-order valence-electron chi connectivity index (χ1n) is 10.3. The number of guanidine groups is 1. The summed E-state index contributed by atoms with van der Waals surface area (Å²) in [7, 11) is 7.88. The Balaban J connectivity index is 1.73. The van der Waals surface area contributed by atoms with Crippen molar-refractivity contribution < 1.29 is 4.74 Å². The van der Waals surface area contributed by atoms with Crippen LogP contribution in [0.2, 0.25) is 0 Å². The van der Waals surface area contributed by atoms with Gasteiger partial charge in [0.05, 0.1) is 25.9 Å². The Kier molecular flexibility index (Phi) is 7.14. The Morgan fingerprint density at radius 1 is 1.41 bits per heavy atom. The number of benzene rings is 1. The minimum Gasteiger partial charge on any atom is -0.497 e. The number of ether oxygens (including phenoxy) is 1. The molecular weight excluding hydrogens is 364 g/mol. The van der Waals surface area contributed by atoms with Crippen LogP contribution in [-0.4, -0.2) is 72.9 Å². The number of likely N-dealkylation sites (tertiary alicyclic amines) is 1. The SMILES string of the molecule is CCNC(=NCC(c1cccc(OC)c1)N(C)C)N1CCC(c2cnn(C)c2)C1. The van der Waals surface area contributed by atoms with E-state index in [0.29, 0.717) is 12.5 Å². The van der Waals surface area contributed by atoms with Gasteiger partial charge < -0.3 is 19.9 Å². The maximum absolute atomic E-state index is 5.40. The largest absolute Gasteiger partial charge is 0.497 e. The van der Waals surface area contributed by atoms with Crippen molar-refractivity contribution in [1.29, 1.82) is 0 Å². The first-order chi connectivity index (χ1) is 14.0. The molecule has 2 aromatic rings. The zero-order valence-electron chi connectivity index (χ0n) is 18.3. The Morgan fingerprint density at radius 3 is 2.90 bits per heavy atom. The molecule has 2 atom stereocenters. The highest BCUT2D eigenvalue weighted by Gasteiger charge is 2.27. The van der Waals surface area contributed by atoms with Crippen molar-refractivity contribution in [3.05, 3.63) is 47.8 Å². The predicted molar refractivity (Wildman–Crippen MR) is 118 cm³/mol. The van der Waals surface area contributed by atoms with E-state index < -0.39 is 0 Å². The quantitative estimate of drug-likeness (QED) is 0.574. The molecule has 7 nitrogen and oxygen atoms in total. The summed E-state index contributed by atoms with van der Waals surface area (Å²) in [6.07, 6.45) is 5.25. The second kappa shape index (κ2) is 9.78. The Hall–Kier alpha value is -2.54. The van der Waals surface area contributed by atoms with E-state index in [1.165, 1.54) is 11.1 Å². The number of nitrogens with zero attached hydrogens (tertiary/aromatic N) is 5. The van der Waals surface area contributed by atoms with Gasteiger partial charge in [0, 0.05) is 38.8 Å². The molecule has 1 aromatic carbocycles. The van der Waals surface area contributed by atoms with Crippen LogP contribution in [0.25, 0.3) is 0 Å². The van der Waals surface area contributed by atoms with Gasteiger partial charge in [0.15, 0.2) is 5.96 Å². The van der Waals surface area contributed by atoms with Crippen molar-refractivity contribution in [2.75, 3.05) is 47.4 Å². The van der Waals surface area contributed by atoms with E-state index >= 15 is 0 Å². The topological polar surface area (TPSA) is 57.9 Å². The number of aryl methyl sites for hydroxylation is 1. The number of rotatable bonds is 7. The van der Waals surface area contributed by atoms with Crippen molar-refractivity contribution in [3.8, 4) is 5.75 Å². The molecule has 1 saturated heterocycles. The third-order valence-corrected chi connectivity index (χ3v) is 5.53. The number of likely N-dealkylation sites (N-methyl/N-ethyl adjacent to an activating group) is 1. The fourth-order valence-corrected chi connectivity index (χ4v) is 3.89. The van der Waals surface area contributed by atoms with Crippen molar-refractivity contribution in [3.63, 3.8) is 0 Å². The smallest absolute Gasteiger partial charge is 0.194 e. The molecule has 7 heteroatoms. The van der Waals surface area contributed by atoms with Gasteiger partial charge in [-0.3, -0.25) is 9.67 Å². The zero-order chi connectivity index (χ0) is 20.8. The Labute approximate surface area is 174 Å². The summed E-state index contributed by atoms with van der Waals surface area (Å²) >= 11 is 0. The van der Waals surface area contributed by atoms with E-state index in [1.54, 1.807) is 7.11 Å². The minimum atomic E-state index is 0.190. The number of hydrogen-bond donors (Lipinski definition) is 1. The molecule has 1 aromatic heterocycles. The summed E-state index contributed by atoms with van der Waals surface area (Å²) in [5.41, 5.74) is 2.53. The summed E-state index contributed by atoms with van der Waals surface area (Å²) in [6, 6.07) is 8.45. The fraction of sp³-hybridized carbons (Fsp3) is 0.545. The van der Waals surface area contributed by atoms with Crippen LogP contribution in [0.1, 0.15) is 36.4 Å². The molecular formula is C22H34N6O. The van der Waals surface area contributed by atoms with Gasteiger partial charge in [0.1, 0.15) is 5.75 Å². The van der Waals surface area contributed by atoms with E-state index in [0.717, 1.165) is 37.8 Å². The predicted octanol–water partition coefficient (Wildman–Crippen LogP) is 2.49. The van der Waals surface area contributed by atoms with Crippen molar-refractivity contribution >= 4 is 5.96 Å². The molecule has 0 radical (unpaired) electrons. The van der Waals surface area contributed by atoms with E-state index in [1.807, 2.05) is 30.1 Å². The number of methoxy groups -OCH3 is 1. The third kappa shape index (κ3) is 5.29. The monoisotopic (exact) mass is 398 g/mol. The first-order valence-corrected chi connectivity index (χ1v) is 10.3. The molecule has 3 rings (SSSR count). The molecule has 0 aliphatic carbocycles. The van der Waals surface area contributed by atoms with Crippen LogP contribution >= 0.6 is 0 Å². The summed E-state index contributed by atoms with van der Waals surface area (Å²) in [4.78, 5) is 9.60. The van der Waals surface area contributed by atoms with Gasteiger partial charge in [0.25, 0.3) is 0 Å². The molecule has 1 N–H and O–H groups in total. The summed E-state index contributed by atoms with van der Waals surface area (Å²) in [5, 5.41) is 7.81. The minimum absolute atomic E-state index is 0.190.